The van der Waals surface area contributed by atoms with E-state index in [0.717, 1.165) is 37.4 Å². The largest absolute Gasteiger partial charge is 0.338 e. The van der Waals surface area contributed by atoms with Crippen molar-refractivity contribution in [1.29, 1.82) is 5.26 Å². The lowest BCUT2D eigenvalue weighted by atomic mass is 10.0. The number of fused-ring (bicyclic) bond motifs is 1. The number of nitrogens with one attached hydrogen (secondary N) is 1. The molecule has 31 heavy (non-hydrogen) atoms. The van der Waals surface area contributed by atoms with Gasteiger partial charge in [-0.3, -0.25) is 9.59 Å². The van der Waals surface area contributed by atoms with E-state index in [1.54, 1.807) is 30.3 Å². The number of anilines is 1. The van der Waals surface area contributed by atoms with Crippen molar-refractivity contribution in [2.45, 2.75) is 13.3 Å². The van der Waals surface area contributed by atoms with Crippen molar-refractivity contribution in [3.05, 3.63) is 64.2 Å². The first-order chi connectivity index (χ1) is 14.9. The highest BCUT2D eigenvalue weighted by Crippen LogP contribution is 2.32. The molecule has 4 rings (SSSR count). The zero-order chi connectivity index (χ0) is 22.0. The monoisotopic (exact) mass is 436 g/mol. The first-order valence-electron chi connectivity index (χ1n) is 10.5. The number of halogens is 1. The van der Waals surface area contributed by atoms with E-state index in [0.29, 0.717) is 41.0 Å². The molecule has 160 valence electrons. The summed E-state index contributed by atoms with van der Waals surface area (Å²) in [5, 5.41) is 12.5. The smallest absolute Gasteiger partial charge is 0.253 e. The Hall–Kier alpha value is -2.88. The third kappa shape index (κ3) is 4.90. The Morgan fingerprint density at radius 3 is 2.39 bits per heavy atom. The van der Waals surface area contributed by atoms with Crippen molar-refractivity contribution in [2.75, 3.05) is 38.0 Å². The molecule has 6 nitrogen and oxygen atoms in total. The quantitative estimate of drug-likeness (QED) is 0.777. The molecule has 2 amide bonds. The van der Waals surface area contributed by atoms with Gasteiger partial charge in [-0.2, -0.15) is 5.26 Å². The number of hydrogen-bond acceptors (Lipinski definition) is 4. The van der Waals surface area contributed by atoms with Crippen molar-refractivity contribution in [2.24, 2.45) is 11.8 Å². The van der Waals surface area contributed by atoms with Gasteiger partial charge in [0.05, 0.1) is 11.6 Å². The van der Waals surface area contributed by atoms with E-state index < -0.39 is 0 Å². The molecule has 2 aliphatic heterocycles. The van der Waals surface area contributed by atoms with Gasteiger partial charge >= 0.3 is 0 Å². The van der Waals surface area contributed by atoms with E-state index >= 15 is 0 Å². The van der Waals surface area contributed by atoms with Crippen molar-refractivity contribution in [3.8, 4) is 6.07 Å². The summed E-state index contributed by atoms with van der Waals surface area (Å²) in [6.45, 7) is 5.94. The second kappa shape index (κ2) is 9.09. The summed E-state index contributed by atoms with van der Waals surface area (Å²) in [4.78, 5) is 29.3. The predicted octanol–water partition coefficient (Wildman–Crippen LogP) is 3.55. The van der Waals surface area contributed by atoms with Gasteiger partial charge in [0.1, 0.15) is 0 Å². The standard InChI is InChI=1S/C24H25ClN4O2/c1-16-2-7-21(10-22(16)25)27-23(30)8-9-28-12-19-14-29(15-20(19)13-28)24(31)18-5-3-17(11-26)4-6-18/h2-7,10,19-20H,8-9,12-15H2,1H3,(H,27,30). The highest BCUT2D eigenvalue weighted by atomic mass is 35.5. The third-order valence-electron chi connectivity index (χ3n) is 6.22. The number of aryl methyl sites for hydroxylation is 1. The summed E-state index contributed by atoms with van der Waals surface area (Å²) >= 11 is 6.12. The zero-order valence-electron chi connectivity index (χ0n) is 17.5. The maximum atomic E-state index is 12.8. The Morgan fingerprint density at radius 1 is 1.10 bits per heavy atom. The fourth-order valence-electron chi connectivity index (χ4n) is 4.46. The Kier molecular flexibility index (Phi) is 6.26. The minimum Gasteiger partial charge on any atom is -0.338 e. The lowest BCUT2D eigenvalue weighted by Crippen LogP contribution is -2.34. The second-order valence-electron chi connectivity index (χ2n) is 8.44. The van der Waals surface area contributed by atoms with E-state index in [-0.39, 0.29) is 11.8 Å². The molecular formula is C24H25ClN4O2. The third-order valence-corrected chi connectivity index (χ3v) is 6.63. The molecular weight excluding hydrogens is 412 g/mol. The molecule has 2 atom stereocenters. The van der Waals surface area contributed by atoms with E-state index in [9.17, 15) is 9.59 Å². The Morgan fingerprint density at radius 2 is 1.77 bits per heavy atom. The highest BCUT2D eigenvalue weighted by Gasteiger charge is 2.41. The molecule has 2 aliphatic rings. The van der Waals surface area contributed by atoms with Gasteiger partial charge in [-0.1, -0.05) is 17.7 Å². The number of likely N-dealkylation sites (tertiary alicyclic amines) is 2. The molecule has 2 heterocycles. The molecule has 2 aromatic rings. The molecule has 2 fully saturated rings. The van der Waals surface area contributed by atoms with E-state index in [2.05, 4.69) is 16.3 Å². The van der Waals surface area contributed by atoms with Gasteiger partial charge in [-0.05, 0) is 60.7 Å². The molecule has 0 bridgehead atoms. The number of hydrogen-bond donors (Lipinski definition) is 1. The summed E-state index contributed by atoms with van der Waals surface area (Å²) in [5.41, 5.74) is 2.88. The second-order valence-corrected chi connectivity index (χ2v) is 8.85. The molecule has 0 aliphatic carbocycles. The fourth-order valence-corrected chi connectivity index (χ4v) is 4.64. The van der Waals surface area contributed by atoms with Crippen LogP contribution in [0.5, 0.6) is 0 Å². The normalized spacial score (nSPS) is 20.4. The van der Waals surface area contributed by atoms with Gasteiger partial charge in [-0.15, -0.1) is 0 Å². The van der Waals surface area contributed by atoms with Gasteiger partial charge in [0.15, 0.2) is 0 Å². The number of nitrogens with zero attached hydrogens (tertiary/aromatic N) is 3. The Bertz CT molecular complexity index is 1020. The van der Waals surface area contributed by atoms with Gasteiger partial charge < -0.3 is 15.1 Å². The highest BCUT2D eigenvalue weighted by molar-refractivity contribution is 6.31. The van der Waals surface area contributed by atoms with Crippen LogP contribution in [0.15, 0.2) is 42.5 Å². The minimum absolute atomic E-state index is 0.0189. The molecule has 1 N–H and O–H groups in total. The minimum atomic E-state index is -0.0189. The van der Waals surface area contributed by atoms with Crippen molar-refractivity contribution < 1.29 is 9.59 Å². The molecule has 2 unspecified atom stereocenters. The van der Waals surface area contributed by atoms with Crippen molar-refractivity contribution in [1.82, 2.24) is 9.80 Å². The predicted molar refractivity (Wildman–Crippen MR) is 120 cm³/mol. The summed E-state index contributed by atoms with van der Waals surface area (Å²) in [5.74, 6) is 0.902. The zero-order valence-corrected chi connectivity index (χ0v) is 18.2. The average Bonchev–Trinajstić information content (AvgIpc) is 3.33. The van der Waals surface area contributed by atoms with E-state index in [1.165, 1.54) is 0 Å². The molecule has 0 radical (unpaired) electrons. The van der Waals surface area contributed by atoms with Crippen LogP contribution in [0.25, 0.3) is 0 Å². The van der Waals surface area contributed by atoms with Gasteiger partial charge in [-0.25, -0.2) is 0 Å². The molecule has 0 aromatic heterocycles. The molecule has 0 saturated carbocycles. The first kappa shape index (κ1) is 21.4. The summed E-state index contributed by atoms with van der Waals surface area (Å²) in [6, 6.07) is 14.4. The Labute approximate surface area is 187 Å². The van der Waals surface area contributed by atoms with Crippen LogP contribution in [-0.4, -0.2) is 54.3 Å². The maximum absolute atomic E-state index is 12.8. The Balaban J connectivity index is 1.23. The van der Waals surface area contributed by atoms with Gasteiger partial charge in [0.2, 0.25) is 5.91 Å². The number of nitriles is 1. The number of rotatable bonds is 5. The van der Waals surface area contributed by atoms with E-state index in [1.807, 2.05) is 24.0 Å². The molecule has 2 saturated heterocycles. The van der Waals surface area contributed by atoms with Crippen molar-refractivity contribution in [3.63, 3.8) is 0 Å². The van der Waals surface area contributed by atoms with E-state index in [4.69, 9.17) is 16.9 Å². The van der Waals surface area contributed by atoms with Crippen LogP contribution in [0.2, 0.25) is 5.02 Å². The lowest BCUT2D eigenvalue weighted by molar-refractivity contribution is -0.116. The summed E-state index contributed by atoms with van der Waals surface area (Å²) in [7, 11) is 0. The van der Waals surface area contributed by atoms with Crippen LogP contribution in [-0.2, 0) is 4.79 Å². The first-order valence-corrected chi connectivity index (χ1v) is 10.9. The number of carbonyl (C=O) groups is 2. The van der Waals surface area contributed by atoms with Crippen LogP contribution in [0.3, 0.4) is 0 Å². The number of carbonyl (C=O) groups excluding carboxylic acids is 2. The molecule has 0 spiro atoms. The van der Waals surface area contributed by atoms with Crippen LogP contribution >= 0.6 is 11.6 Å². The summed E-state index contributed by atoms with van der Waals surface area (Å²) in [6.07, 6.45) is 0.429. The SMILES string of the molecule is Cc1ccc(NC(=O)CCN2CC3CN(C(=O)c4ccc(C#N)cc4)CC3C2)cc1Cl. The number of benzene rings is 2. The van der Waals surface area contributed by atoms with Crippen molar-refractivity contribution >= 4 is 29.1 Å². The number of amides is 2. The maximum Gasteiger partial charge on any atom is 0.253 e. The van der Waals surface area contributed by atoms with Crippen LogP contribution < -0.4 is 5.32 Å². The van der Waals surface area contributed by atoms with Gasteiger partial charge in [0.25, 0.3) is 5.91 Å². The molecule has 7 heteroatoms. The fraction of sp³-hybridized carbons (Fsp3) is 0.375. The van der Waals surface area contributed by atoms with Crippen LogP contribution in [0.1, 0.15) is 27.9 Å². The van der Waals surface area contributed by atoms with Crippen LogP contribution in [0.4, 0.5) is 5.69 Å². The lowest BCUT2D eigenvalue weighted by Gasteiger charge is -2.21. The van der Waals surface area contributed by atoms with Gasteiger partial charge in [0, 0.05) is 55.4 Å². The van der Waals surface area contributed by atoms with Crippen LogP contribution in [0, 0.1) is 30.1 Å². The average molecular weight is 437 g/mol. The molecule has 2 aromatic carbocycles. The topological polar surface area (TPSA) is 76.4 Å². The summed E-state index contributed by atoms with van der Waals surface area (Å²) < 4.78 is 0.